The third kappa shape index (κ3) is 4.16. The number of methoxy groups -OCH3 is 1. The van der Waals surface area contributed by atoms with Crippen molar-refractivity contribution >= 4 is 43.9 Å². The molecule has 0 atom stereocenters. The van der Waals surface area contributed by atoms with Crippen molar-refractivity contribution in [1.29, 1.82) is 0 Å². The fourth-order valence-corrected chi connectivity index (χ4v) is 5.63. The van der Waals surface area contributed by atoms with Crippen molar-refractivity contribution in [3.8, 4) is 16.9 Å². The highest BCUT2D eigenvalue weighted by molar-refractivity contribution is 7.93. The minimum Gasteiger partial charge on any atom is -0.495 e. The molecule has 0 saturated carbocycles. The Morgan fingerprint density at radius 1 is 1.03 bits per heavy atom. The molecule has 182 valence electrons. The van der Waals surface area contributed by atoms with Crippen LogP contribution in [0.25, 0.3) is 21.9 Å². The van der Waals surface area contributed by atoms with Crippen LogP contribution in [0.5, 0.6) is 5.75 Å². The van der Waals surface area contributed by atoms with Crippen molar-refractivity contribution in [2.45, 2.75) is 11.8 Å². The van der Waals surface area contributed by atoms with Gasteiger partial charge in [-0.25, -0.2) is 17.1 Å². The summed E-state index contributed by atoms with van der Waals surface area (Å²) in [5.74, 6) is -0.219. The van der Waals surface area contributed by atoms with Crippen molar-refractivity contribution in [3.05, 3.63) is 95.7 Å². The summed E-state index contributed by atoms with van der Waals surface area (Å²) in [5.41, 5.74) is 2.30. The fourth-order valence-electron chi connectivity index (χ4n) is 3.98. The van der Waals surface area contributed by atoms with E-state index in [1.54, 1.807) is 48.8 Å². The van der Waals surface area contributed by atoms with Gasteiger partial charge >= 0.3 is 0 Å². The Bertz CT molecular complexity index is 1690. The second kappa shape index (κ2) is 9.25. The van der Waals surface area contributed by atoms with Gasteiger partial charge < -0.3 is 9.26 Å². The van der Waals surface area contributed by atoms with E-state index in [1.165, 1.54) is 37.6 Å². The van der Waals surface area contributed by atoms with Crippen LogP contribution in [0.15, 0.2) is 88.7 Å². The largest absolute Gasteiger partial charge is 0.495 e. The summed E-state index contributed by atoms with van der Waals surface area (Å²) >= 11 is 5.99. The molecule has 36 heavy (non-hydrogen) atoms. The number of rotatable bonds is 6. The van der Waals surface area contributed by atoms with E-state index in [2.05, 4.69) is 10.1 Å². The zero-order chi connectivity index (χ0) is 25.4. The lowest BCUT2D eigenvalue weighted by Crippen LogP contribution is -2.27. The molecule has 0 spiro atoms. The number of aryl methyl sites for hydroxylation is 1. The molecule has 0 radical (unpaired) electrons. The van der Waals surface area contributed by atoms with Gasteiger partial charge in [-0.15, -0.1) is 0 Å². The predicted octanol–water partition coefficient (Wildman–Crippen LogP) is 6.53. The number of hydrogen-bond acceptors (Lipinski definition) is 6. The average molecular weight is 524 g/mol. The van der Waals surface area contributed by atoms with Gasteiger partial charge in [0.25, 0.3) is 10.0 Å². The molecule has 0 fully saturated rings. The van der Waals surface area contributed by atoms with Crippen LogP contribution in [0.1, 0.15) is 5.56 Å². The summed E-state index contributed by atoms with van der Waals surface area (Å²) in [6, 6.07) is 15.7. The zero-order valence-electron chi connectivity index (χ0n) is 19.1. The van der Waals surface area contributed by atoms with Crippen LogP contribution in [0.2, 0.25) is 5.02 Å². The Labute approximate surface area is 211 Å². The Balaban J connectivity index is 1.70. The molecule has 5 rings (SSSR count). The van der Waals surface area contributed by atoms with Gasteiger partial charge in [-0.1, -0.05) is 28.9 Å². The molecule has 0 aliphatic carbocycles. The number of sulfonamides is 1. The number of fused-ring (bicyclic) bond motifs is 1. The minimum atomic E-state index is -4.17. The van der Waals surface area contributed by atoms with Crippen LogP contribution in [-0.2, 0) is 10.0 Å². The average Bonchev–Trinajstić information content (AvgIpc) is 3.40. The third-order valence-corrected chi connectivity index (χ3v) is 7.76. The van der Waals surface area contributed by atoms with Crippen molar-refractivity contribution in [3.63, 3.8) is 0 Å². The van der Waals surface area contributed by atoms with Gasteiger partial charge in [0.1, 0.15) is 23.5 Å². The number of hydrogen-bond donors (Lipinski definition) is 0. The number of pyridine rings is 1. The maximum atomic E-state index is 14.0. The SMILES string of the molecule is COc1cc(-c2ccc(F)c(Cl)c2)c(C)cc1N(c1ccon1)S(=O)(=O)c1ccc2cnccc2c1. The van der Waals surface area contributed by atoms with Gasteiger partial charge in [0.05, 0.1) is 17.0 Å². The highest BCUT2D eigenvalue weighted by Gasteiger charge is 2.32. The molecule has 0 aliphatic heterocycles. The number of nitrogens with zero attached hydrogens (tertiary/aromatic N) is 3. The van der Waals surface area contributed by atoms with Gasteiger partial charge in [0.2, 0.25) is 0 Å². The number of ether oxygens (including phenoxy) is 1. The maximum Gasteiger partial charge on any atom is 0.270 e. The number of anilines is 2. The maximum absolute atomic E-state index is 14.0. The van der Waals surface area contributed by atoms with Crippen LogP contribution in [-0.4, -0.2) is 25.7 Å². The van der Waals surface area contributed by atoms with Crippen LogP contribution in [0, 0.1) is 12.7 Å². The Hall–Kier alpha value is -3.95. The van der Waals surface area contributed by atoms with Crippen molar-refractivity contribution < 1.29 is 22.1 Å². The van der Waals surface area contributed by atoms with E-state index in [1.807, 2.05) is 6.92 Å². The van der Waals surface area contributed by atoms with E-state index in [0.29, 0.717) is 16.7 Å². The summed E-state index contributed by atoms with van der Waals surface area (Å²) in [6.07, 6.45) is 4.55. The highest BCUT2D eigenvalue weighted by atomic mass is 35.5. The molecule has 10 heteroatoms. The molecule has 3 aromatic carbocycles. The summed E-state index contributed by atoms with van der Waals surface area (Å²) in [5, 5.41) is 5.41. The molecule has 7 nitrogen and oxygen atoms in total. The summed E-state index contributed by atoms with van der Waals surface area (Å²) in [6.45, 7) is 1.81. The lowest BCUT2D eigenvalue weighted by atomic mass is 9.99. The van der Waals surface area contributed by atoms with Gasteiger partial charge in [-0.2, -0.15) is 0 Å². The second-order valence-corrected chi connectivity index (χ2v) is 10.2. The molecule has 0 bridgehead atoms. The first-order valence-corrected chi connectivity index (χ1v) is 12.5. The molecule has 0 unspecified atom stereocenters. The fraction of sp³-hybridized carbons (Fsp3) is 0.0769. The summed E-state index contributed by atoms with van der Waals surface area (Å²) < 4.78 is 53.4. The zero-order valence-corrected chi connectivity index (χ0v) is 20.7. The van der Waals surface area contributed by atoms with E-state index in [0.717, 1.165) is 15.1 Å². The first-order chi connectivity index (χ1) is 17.3. The smallest absolute Gasteiger partial charge is 0.270 e. The van der Waals surface area contributed by atoms with Crippen molar-refractivity contribution in [1.82, 2.24) is 10.1 Å². The molecular weight excluding hydrogens is 505 g/mol. The van der Waals surface area contributed by atoms with Gasteiger partial charge in [0, 0.05) is 23.8 Å². The quantitative estimate of drug-likeness (QED) is 0.251. The standard InChI is InChI=1S/C26H19ClFN3O4S/c1-16-11-24(25(34-2)14-21(16)18-4-6-23(28)22(27)13-18)31(26-8-10-35-30-26)36(32,33)20-5-3-19-15-29-9-7-17(19)12-20/h3-15H,1-2H3. The number of aromatic nitrogens is 2. The molecule has 2 aromatic heterocycles. The second-order valence-electron chi connectivity index (χ2n) is 7.98. The van der Waals surface area contributed by atoms with E-state index in [-0.39, 0.29) is 27.2 Å². The monoisotopic (exact) mass is 523 g/mol. The molecule has 0 saturated heterocycles. The molecule has 0 aliphatic rings. The molecular formula is C26H19ClFN3O4S. The molecule has 0 amide bonds. The third-order valence-electron chi connectivity index (χ3n) is 5.76. The van der Waals surface area contributed by atoms with Gasteiger partial charge in [0.15, 0.2) is 5.82 Å². The van der Waals surface area contributed by atoms with Gasteiger partial charge in [-0.05, 0) is 71.5 Å². The predicted molar refractivity (Wildman–Crippen MR) is 136 cm³/mol. The number of benzene rings is 3. The van der Waals surface area contributed by atoms with Crippen LogP contribution < -0.4 is 9.04 Å². The molecule has 5 aromatic rings. The van der Waals surface area contributed by atoms with E-state index in [4.69, 9.17) is 20.9 Å². The minimum absolute atomic E-state index is 0.0201. The number of halogens is 2. The van der Waals surface area contributed by atoms with Crippen LogP contribution >= 0.6 is 11.6 Å². The normalized spacial score (nSPS) is 11.6. The van der Waals surface area contributed by atoms with Crippen LogP contribution in [0.3, 0.4) is 0 Å². The lowest BCUT2D eigenvalue weighted by Gasteiger charge is -2.25. The van der Waals surface area contributed by atoms with E-state index in [9.17, 15) is 12.8 Å². The van der Waals surface area contributed by atoms with Gasteiger partial charge in [-0.3, -0.25) is 4.98 Å². The van der Waals surface area contributed by atoms with E-state index >= 15 is 0 Å². The van der Waals surface area contributed by atoms with Crippen molar-refractivity contribution in [2.24, 2.45) is 0 Å². The Kier molecular flexibility index (Phi) is 6.11. The Morgan fingerprint density at radius 3 is 2.58 bits per heavy atom. The first kappa shape index (κ1) is 23.8. The van der Waals surface area contributed by atoms with Crippen molar-refractivity contribution in [2.75, 3.05) is 11.4 Å². The Morgan fingerprint density at radius 2 is 1.86 bits per heavy atom. The lowest BCUT2D eigenvalue weighted by molar-refractivity contribution is 0.414. The summed E-state index contributed by atoms with van der Waals surface area (Å²) in [4.78, 5) is 4.13. The topological polar surface area (TPSA) is 85.5 Å². The summed E-state index contributed by atoms with van der Waals surface area (Å²) in [7, 11) is -2.73. The van der Waals surface area contributed by atoms with E-state index < -0.39 is 15.8 Å². The van der Waals surface area contributed by atoms with Crippen LogP contribution in [0.4, 0.5) is 15.9 Å². The first-order valence-electron chi connectivity index (χ1n) is 10.7. The molecule has 0 N–H and O–H groups in total. The molecule has 2 heterocycles. The highest BCUT2D eigenvalue weighted by Crippen LogP contribution is 2.42.